The maximum atomic E-state index is 5.98. The standard InChI is InChI=1S/C13H16N2.2ClH/c1-13(2,14)8-10-7-11-5-3-4-6-12(11)15-9-10;;/h3-7,9H,8,14H2,1-2H3;2*1H. The van der Waals surface area contributed by atoms with E-state index in [0.29, 0.717) is 0 Å². The zero-order valence-corrected chi connectivity index (χ0v) is 11.6. The summed E-state index contributed by atoms with van der Waals surface area (Å²) in [7, 11) is 0. The fourth-order valence-corrected chi connectivity index (χ4v) is 1.74. The molecular formula is C13H18Cl2N2. The quantitative estimate of drug-likeness (QED) is 0.911. The number of aromatic nitrogens is 1. The highest BCUT2D eigenvalue weighted by atomic mass is 35.5. The number of hydrogen-bond donors (Lipinski definition) is 1. The van der Waals surface area contributed by atoms with Gasteiger partial charge in [-0.15, -0.1) is 24.8 Å². The highest BCUT2D eigenvalue weighted by Crippen LogP contribution is 2.15. The van der Waals surface area contributed by atoms with E-state index in [9.17, 15) is 0 Å². The van der Waals surface area contributed by atoms with Crippen molar-refractivity contribution in [3.05, 3.63) is 42.1 Å². The molecule has 0 amide bonds. The fourth-order valence-electron chi connectivity index (χ4n) is 1.74. The molecule has 1 aromatic heterocycles. The zero-order valence-electron chi connectivity index (χ0n) is 10.0. The van der Waals surface area contributed by atoms with Gasteiger partial charge in [-0.1, -0.05) is 18.2 Å². The molecule has 1 aromatic carbocycles. The van der Waals surface area contributed by atoms with Gasteiger partial charge in [-0.05, 0) is 38.0 Å². The molecule has 0 saturated heterocycles. The molecular weight excluding hydrogens is 255 g/mol. The van der Waals surface area contributed by atoms with Crippen molar-refractivity contribution in [1.29, 1.82) is 0 Å². The molecule has 0 bridgehead atoms. The average molecular weight is 273 g/mol. The number of nitrogens with zero attached hydrogens (tertiary/aromatic N) is 1. The van der Waals surface area contributed by atoms with Gasteiger partial charge < -0.3 is 5.73 Å². The lowest BCUT2D eigenvalue weighted by molar-refractivity contribution is 0.516. The van der Waals surface area contributed by atoms with Crippen LogP contribution in [0.15, 0.2) is 36.5 Å². The molecule has 2 aromatic rings. The summed E-state index contributed by atoms with van der Waals surface area (Å²) in [5, 5.41) is 1.18. The van der Waals surface area contributed by atoms with Crippen LogP contribution >= 0.6 is 24.8 Å². The normalized spacial score (nSPS) is 10.5. The molecule has 1 heterocycles. The van der Waals surface area contributed by atoms with E-state index < -0.39 is 0 Å². The van der Waals surface area contributed by atoms with Gasteiger partial charge in [0.05, 0.1) is 5.52 Å². The number of halogens is 2. The fraction of sp³-hybridized carbons (Fsp3) is 0.308. The third-order valence-electron chi connectivity index (χ3n) is 2.31. The van der Waals surface area contributed by atoms with Gasteiger partial charge in [-0.25, -0.2) is 0 Å². The lowest BCUT2D eigenvalue weighted by atomic mass is 9.96. The molecule has 0 aliphatic rings. The number of fused-ring (bicyclic) bond motifs is 1. The first-order chi connectivity index (χ1) is 7.04. The van der Waals surface area contributed by atoms with Gasteiger partial charge >= 0.3 is 0 Å². The Balaban J connectivity index is 0.00000128. The molecule has 2 N–H and O–H groups in total. The largest absolute Gasteiger partial charge is 0.325 e. The van der Waals surface area contributed by atoms with Gasteiger partial charge in [-0.3, -0.25) is 4.98 Å². The number of hydrogen-bond acceptors (Lipinski definition) is 2. The Hall–Kier alpha value is -0.830. The van der Waals surface area contributed by atoms with Gasteiger partial charge in [0.1, 0.15) is 0 Å². The number of rotatable bonds is 2. The van der Waals surface area contributed by atoms with Crippen LogP contribution in [0.1, 0.15) is 19.4 Å². The van der Waals surface area contributed by atoms with E-state index in [0.717, 1.165) is 11.9 Å². The Labute approximate surface area is 114 Å². The van der Waals surface area contributed by atoms with E-state index in [1.54, 1.807) is 0 Å². The van der Waals surface area contributed by atoms with Crippen LogP contribution in [0, 0.1) is 0 Å². The lowest BCUT2D eigenvalue weighted by Crippen LogP contribution is -2.34. The van der Waals surface area contributed by atoms with Gasteiger partial charge in [0.25, 0.3) is 0 Å². The van der Waals surface area contributed by atoms with Gasteiger partial charge in [-0.2, -0.15) is 0 Å². The zero-order chi connectivity index (χ0) is 10.9. The van der Waals surface area contributed by atoms with Crippen LogP contribution in [0.3, 0.4) is 0 Å². The molecule has 0 fully saturated rings. The summed E-state index contributed by atoms with van der Waals surface area (Å²) in [6.45, 7) is 4.06. The highest BCUT2D eigenvalue weighted by Gasteiger charge is 2.11. The van der Waals surface area contributed by atoms with Crippen LogP contribution in [-0.4, -0.2) is 10.5 Å². The summed E-state index contributed by atoms with van der Waals surface area (Å²) in [4.78, 5) is 4.41. The predicted octanol–water partition coefficient (Wildman–Crippen LogP) is 3.36. The molecule has 2 nitrogen and oxygen atoms in total. The number of para-hydroxylation sites is 1. The van der Waals surface area contributed by atoms with Gasteiger partial charge in [0.2, 0.25) is 0 Å². The monoisotopic (exact) mass is 272 g/mol. The van der Waals surface area contributed by atoms with E-state index in [4.69, 9.17) is 5.73 Å². The SMILES string of the molecule is CC(C)(N)Cc1cnc2ccccc2c1.Cl.Cl. The summed E-state index contributed by atoms with van der Waals surface area (Å²) in [5.41, 5.74) is 8.04. The molecule has 94 valence electrons. The Morgan fingerprint density at radius 2 is 1.82 bits per heavy atom. The van der Waals surface area contributed by atoms with Gasteiger partial charge in [0.15, 0.2) is 0 Å². The van der Waals surface area contributed by atoms with Crippen LogP contribution in [0.2, 0.25) is 0 Å². The van der Waals surface area contributed by atoms with Crippen molar-refractivity contribution in [2.45, 2.75) is 25.8 Å². The second kappa shape index (κ2) is 6.20. The number of pyridine rings is 1. The van der Waals surface area contributed by atoms with Crippen molar-refractivity contribution in [2.75, 3.05) is 0 Å². The van der Waals surface area contributed by atoms with E-state index in [2.05, 4.69) is 17.1 Å². The minimum absolute atomic E-state index is 0. The summed E-state index contributed by atoms with van der Waals surface area (Å²) >= 11 is 0. The average Bonchev–Trinajstić information content (AvgIpc) is 2.15. The van der Waals surface area contributed by atoms with E-state index >= 15 is 0 Å². The van der Waals surface area contributed by atoms with Crippen molar-refractivity contribution >= 4 is 35.7 Å². The number of benzene rings is 1. The molecule has 4 heteroatoms. The molecule has 0 spiro atoms. The van der Waals surface area contributed by atoms with Crippen LogP contribution in [0.25, 0.3) is 10.9 Å². The van der Waals surface area contributed by atoms with E-state index in [1.807, 2.05) is 38.2 Å². The van der Waals surface area contributed by atoms with Crippen molar-refractivity contribution in [3.63, 3.8) is 0 Å². The van der Waals surface area contributed by atoms with Crippen LogP contribution in [0.4, 0.5) is 0 Å². The molecule has 0 saturated carbocycles. The Morgan fingerprint density at radius 3 is 2.47 bits per heavy atom. The third-order valence-corrected chi connectivity index (χ3v) is 2.31. The first-order valence-corrected chi connectivity index (χ1v) is 5.17. The van der Waals surface area contributed by atoms with Crippen molar-refractivity contribution in [1.82, 2.24) is 4.98 Å². The van der Waals surface area contributed by atoms with Crippen molar-refractivity contribution < 1.29 is 0 Å². The minimum Gasteiger partial charge on any atom is -0.325 e. The van der Waals surface area contributed by atoms with Gasteiger partial charge in [0, 0.05) is 17.1 Å². The van der Waals surface area contributed by atoms with Crippen molar-refractivity contribution in [3.8, 4) is 0 Å². The summed E-state index contributed by atoms with van der Waals surface area (Å²) in [5.74, 6) is 0. The first-order valence-electron chi connectivity index (χ1n) is 5.17. The molecule has 17 heavy (non-hydrogen) atoms. The topological polar surface area (TPSA) is 38.9 Å². The minimum atomic E-state index is -0.176. The van der Waals surface area contributed by atoms with Crippen LogP contribution < -0.4 is 5.73 Å². The molecule has 2 rings (SSSR count). The summed E-state index contributed by atoms with van der Waals surface area (Å²) < 4.78 is 0. The summed E-state index contributed by atoms with van der Waals surface area (Å²) in [6, 6.07) is 10.3. The van der Waals surface area contributed by atoms with Crippen LogP contribution in [-0.2, 0) is 6.42 Å². The van der Waals surface area contributed by atoms with E-state index in [1.165, 1.54) is 10.9 Å². The summed E-state index contributed by atoms with van der Waals surface area (Å²) in [6.07, 6.45) is 2.77. The Bertz CT molecular complexity index is 478. The predicted molar refractivity (Wildman–Crippen MR) is 78.2 cm³/mol. The Morgan fingerprint density at radius 1 is 1.18 bits per heavy atom. The molecule has 0 radical (unpaired) electrons. The van der Waals surface area contributed by atoms with E-state index in [-0.39, 0.29) is 30.4 Å². The molecule has 0 unspecified atom stereocenters. The molecule has 0 aliphatic carbocycles. The second-order valence-electron chi connectivity index (χ2n) is 4.70. The maximum absolute atomic E-state index is 5.98. The second-order valence-corrected chi connectivity index (χ2v) is 4.70. The Kier molecular flexibility index (Phi) is 5.89. The smallest absolute Gasteiger partial charge is 0.0702 e. The third kappa shape index (κ3) is 4.50. The lowest BCUT2D eigenvalue weighted by Gasteiger charge is -2.18. The molecule has 0 aliphatic heterocycles. The van der Waals surface area contributed by atoms with Crippen LogP contribution in [0.5, 0.6) is 0 Å². The number of nitrogens with two attached hydrogens (primary N) is 1. The first kappa shape index (κ1) is 16.2. The molecule has 0 atom stereocenters. The van der Waals surface area contributed by atoms with Crippen molar-refractivity contribution in [2.24, 2.45) is 5.73 Å². The highest BCUT2D eigenvalue weighted by molar-refractivity contribution is 5.85. The maximum Gasteiger partial charge on any atom is 0.0702 e.